The fourth-order valence-electron chi connectivity index (χ4n) is 3.69. The van der Waals surface area contributed by atoms with Crippen molar-refractivity contribution in [1.82, 2.24) is 5.32 Å². The lowest BCUT2D eigenvalue weighted by Gasteiger charge is -2.20. The van der Waals surface area contributed by atoms with Gasteiger partial charge < -0.3 is 10.4 Å². The van der Waals surface area contributed by atoms with E-state index in [1.54, 1.807) is 0 Å². The quantitative estimate of drug-likeness (QED) is 0.772. The Bertz CT molecular complexity index is 362. The number of rotatable bonds is 6. The standard InChI is InChI=1S/C15H23NO3/c17-14(11-2-1-3-12(11)15(18)19)16-8-13(9-4-5-9)10-6-7-10/h9-13H,1-8H2,(H,16,17)(H,18,19)/t11-,12+/m1/s1. The molecule has 106 valence electrons. The van der Waals surface area contributed by atoms with Crippen LogP contribution in [-0.4, -0.2) is 23.5 Å². The Hall–Kier alpha value is -1.06. The minimum atomic E-state index is -0.807. The third kappa shape index (κ3) is 2.93. The van der Waals surface area contributed by atoms with Crippen molar-refractivity contribution in [3.8, 4) is 0 Å². The lowest BCUT2D eigenvalue weighted by atomic mass is 9.94. The molecule has 3 rings (SSSR count). The molecule has 19 heavy (non-hydrogen) atoms. The van der Waals surface area contributed by atoms with Gasteiger partial charge in [-0.25, -0.2) is 0 Å². The molecule has 0 aromatic heterocycles. The maximum atomic E-state index is 12.2. The highest BCUT2D eigenvalue weighted by Crippen LogP contribution is 2.48. The summed E-state index contributed by atoms with van der Waals surface area (Å²) in [5, 5.41) is 12.2. The van der Waals surface area contributed by atoms with Gasteiger partial charge in [0.15, 0.2) is 0 Å². The Morgan fingerprint density at radius 1 is 1.00 bits per heavy atom. The van der Waals surface area contributed by atoms with E-state index < -0.39 is 11.9 Å². The van der Waals surface area contributed by atoms with Crippen LogP contribution in [0.2, 0.25) is 0 Å². The number of carboxylic acids is 1. The lowest BCUT2D eigenvalue weighted by molar-refractivity contribution is -0.146. The fourth-order valence-corrected chi connectivity index (χ4v) is 3.69. The van der Waals surface area contributed by atoms with Gasteiger partial charge in [0.1, 0.15) is 0 Å². The molecule has 0 heterocycles. The molecule has 0 bridgehead atoms. The van der Waals surface area contributed by atoms with Gasteiger partial charge >= 0.3 is 5.97 Å². The highest BCUT2D eigenvalue weighted by molar-refractivity contribution is 5.85. The van der Waals surface area contributed by atoms with Gasteiger partial charge in [-0.15, -0.1) is 0 Å². The molecule has 0 radical (unpaired) electrons. The van der Waals surface area contributed by atoms with Crippen LogP contribution in [-0.2, 0) is 9.59 Å². The molecule has 3 saturated carbocycles. The molecule has 4 nitrogen and oxygen atoms in total. The van der Waals surface area contributed by atoms with E-state index >= 15 is 0 Å². The molecule has 0 unspecified atom stereocenters. The van der Waals surface area contributed by atoms with Gasteiger partial charge in [-0.05, 0) is 56.3 Å². The maximum absolute atomic E-state index is 12.2. The normalized spacial score (nSPS) is 30.6. The van der Waals surface area contributed by atoms with E-state index in [9.17, 15) is 9.59 Å². The van der Waals surface area contributed by atoms with Gasteiger partial charge in [0.2, 0.25) is 5.91 Å². The second-order valence-corrected chi connectivity index (χ2v) is 6.57. The molecule has 4 heteroatoms. The molecule has 0 spiro atoms. The van der Waals surface area contributed by atoms with Crippen LogP contribution in [0.3, 0.4) is 0 Å². The second-order valence-electron chi connectivity index (χ2n) is 6.57. The van der Waals surface area contributed by atoms with E-state index in [0.29, 0.717) is 12.3 Å². The van der Waals surface area contributed by atoms with Crippen LogP contribution in [0.1, 0.15) is 44.9 Å². The van der Waals surface area contributed by atoms with Gasteiger partial charge in [-0.2, -0.15) is 0 Å². The summed E-state index contributed by atoms with van der Waals surface area (Å²) in [5.74, 6) is 0.735. The Kier molecular flexibility index (Phi) is 3.50. The van der Waals surface area contributed by atoms with Crippen LogP contribution in [0.4, 0.5) is 0 Å². The van der Waals surface area contributed by atoms with E-state index in [0.717, 1.165) is 31.2 Å². The largest absolute Gasteiger partial charge is 0.481 e. The zero-order chi connectivity index (χ0) is 13.4. The number of carboxylic acid groups (broad SMARTS) is 1. The molecule has 1 amide bonds. The van der Waals surface area contributed by atoms with Gasteiger partial charge in [0, 0.05) is 6.54 Å². The van der Waals surface area contributed by atoms with Crippen molar-refractivity contribution in [3.63, 3.8) is 0 Å². The summed E-state index contributed by atoms with van der Waals surface area (Å²) in [6.07, 6.45) is 7.53. The topological polar surface area (TPSA) is 66.4 Å². The average molecular weight is 265 g/mol. The van der Waals surface area contributed by atoms with Crippen molar-refractivity contribution in [2.45, 2.75) is 44.9 Å². The number of hydrogen-bond acceptors (Lipinski definition) is 2. The molecule has 3 aliphatic rings. The van der Waals surface area contributed by atoms with E-state index in [-0.39, 0.29) is 11.8 Å². The first kappa shape index (κ1) is 12.9. The summed E-state index contributed by atoms with van der Waals surface area (Å²) in [5.41, 5.74) is 0. The molecule has 0 aliphatic heterocycles. The number of amides is 1. The van der Waals surface area contributed by atoms with Gasteiger partial charge in [0.05, 0.1) is 11.8 Å². The van der Waals surface area contributed by atoms with Crippen molar-refractivity contribution in [3.05, 3.63) is 0 Å². The Labute approximate surface area is 113 Å². The Morgan fingerprint density at radius 3 is 2.11 bits per heavy atom. The Morgan fingerprint density at radius 2 is 1.58 bits per heavy atom. The van der Waals surface area contributed by atoms with Crippen molar-refractivity contribution in [2.24, 2.45) is 29.6 Å². The number of nitrogens with one attached hydrogen (secondary N) is 1. The summed E-state index contributed by atoms with van der Waals surface area (Å²) in [4.78, 5) is 23.3. The summed E-state index contributed by atoms with van der Waals surface area (Å²) >= 11 is 0. The molecule has 2 N–H and O–H groups in total. The maximum Gasteiger partial charge on any atom is 0.307 e. The molecule has 0 saturated heterocycles. The van der Waals surface area contributed by atoms with Crippen LogP contribution in [0.15, 0.2) is 0 Å². The first-order valence-corrected chi connectivity index (χ1v) is 7.67. The van der Waals surface area contributed by atoms with E-state index in [2.05, 4.69) is 5.32 Å². The molecule has 3 aliphatic carbocycles. The summed E-state index contributed by atoms with van der Waals surface area (Å²) in [6, 6.07) is 0. The van der Waals surface area contributed by atoms with Gasteiger partial charge in [0.25, 0.3) is 0 Å². The fraction of sp³-hybridized carbons (Fsp3) is 0.867. The molecular weight excluding hydrogens is 242 g/mol. The molecular formula is C15H23NO3. The third-order valence-corrected chi connectivity index (χ3v) is 5.14. The number of hydrogen-bond donors (Lipinski definition) is 2. The predicted octanol–water partition coefficient (Wildman–Crippen LogP) is 2.04. The van der Waals surface area contributed by atoms with Gasteiger partial charge in [-0.1, -0.05) is 6.42 Å². The number of aliphatic carboxylic acids is 1. The first-order chi connectivity index (χ1) is 9.16. The van der Waals surface area contributed by atoms with Crippen LogP contribution < -0.4 is 5.32 Å². The molecule has 0 aromatic carbocycles. The number of carbonyl (C=O) groups is 2. The zero-order valence-corrected chi connectivity index (χ0v) is 11.3. The minimum absolute atomic E-state index is 0.0174. The van der Waals surface area contributed by atoms with E-state index in [1.807, 2.05) is 0 Å². The van der Waals surface area contributed by atoms with E-state index in [1.165, 1.54) is 25.7 Å². The SMILES string of the molecule is O=C(O)[C@H]1CCC[C@H]1C(=O)NCC(C1CC1)C1CC1. The Balaban J connectivity index is 1.51. The van der Waals surface area contributed by atoms with Gasteiger partial charge in [-0.3, -0.25) is 9.59 Å². The first-order valence-electron chi connectivity index (χ1n) is 7.67. The predicted molar refractivity (Wildman–Crippen MR) is 70.4 cm³/mol. The molecule has 0 aromatic rings. The van der Waals surface area contributed by atoms with Crippen LogP contribution in [0, 0.1) is 29.6 Å². The second kappa shape index (κ2) is 5.14. The van der Waals surface area contributed by atoms with Crippen LogP contribution in [0.25, 0.3) is 0 Å². The summed E-state index contributed by atoms with van der Waals surface area (Å²) in [6.45, 7) is 0.775. The van der Waals surface area contributed by atoms with Crippen molar-refractivity contribution in [1.29, 1.82) is 0 Å². The van der Waals surface area contributed by atoms with Crippen LogP contribution >= 0.6 is 0 Å². The van der Waals surface area contributed by atoms with Crippen molar-refractivity contribution < 1.29 is 14.7 Å². The molecule has 3 fully saturated rings. The summed E-state index contributed by atoms with van der Waals surface area (Å²) in [7, 11) is 0. The zero-order valence-electron chi connectivity index (χ0n) is 11.3. The van der Waals surface area contributed by atoms with Crippen molar-refractivity contribution >= 4 is 11.9 Å². The van der Waals surface area contributed by atoms with Crippen LogP contribution in [0.5, 0.6) is 0 Å². The lowest BCUT2D eigenvalue weighted by Crippen LogP contribution is -2.38. The van der Waals surface area contributed by atoms with Crippen molar-refractivity contribution in [2.75, 3.05) is 6.54 Å². The minimum Gasteiger partial charge on any atom is -0.481 e. The number of carbonyl (C=O) groups excluding carboxylic acids is 1. The molecule has 2 atom stereocenters. The highest BCUT2D eigenvalue weighted by atomic mass is 16.4. The highest BCUT2D eigenvalue weighted by Gasteiger charge is 2.42. The smallest absolute Gasteiger partial charge is 0.307 e. The third-order valence-electron chi connectivity index (χ3n) is 5.14. The monoisotopic (exact) mass is 265 g/mol. The van der Waals surface area contributed by atoms with E-state index in [4.69, 9.17) is 5.11 Å². The summed E-state index contributed by atoms with van der Waals surface area (Å²) < 4.78 is 0. The average Bonchev–Trinajstić information content (AvgIpc) is 3.29.